The van der Waals surface area contributed by atoms with Gasteiger partial charge in [0.25, 0.3) is 0 Å². The van der Waals surface area contributed by atoms with E-state index in [1.165, 1.54) is 4.90 Å². The van der Waals surface area contributed by atoms with Crippen LogP contribution in [-0.2, 0) is 11.8 Å². The van der Waals surface area contributed by atoms with Crippen LogP contribution in [0.5, 0.6) is 0 Å². The van der Waals surface area contributed by atoms with E-state index < -0.39 is 23.4 Å². The van der Waals surface area contributed by atoms with Gasteiger partial charge in [-0.05, 0) is 18.6 Å². The molecule has 1 fully saturated rings. The molecule has 8 heteroatoms. The van der Waals surface area contributed by atoms with Gasteiger partial charge in [-0.2, -0.15) is 10.4 Å². The fourth-order valence-corrected chi connectivity index (χ4v) is 2.57. The molecule has 0 aliphatic carbocycles. The summed E-state index contributed by atoms with van der Waals surface area (Å²) < 4.78 is 29.4. The van der Waals surface area contributed by atoms with Crippen LogP contribution in [0.15, 0.2) is 24.5 Å². The van der Waals surface area contributed by atoms with Crippen molar-refractivity contribution in [2.75, 3.05) is 16.8 Å². The van der Waals surface area contributed by atoms with Crippen molar-refractivity contribution in [1.29, 1.82) is 5.26 Å². The predicted molar refractivity (Wildman–Crippen MR) is 78.7 cm³/mol. The first-order valence-corrected chi connectivity index (χ1v) is 6.95. The van der Waals surface area contributed by atoms with Crippen LogP contribution in [0.3, 0.4) is 0 Å². The summed E-state index contributed by atoms with van der Waals surface area (Å²) in [5.74, 6) is -2.07. The molecule has 1 atom stereocenters. The lowest BCUT2D eigenvalue weighted by atomic mass is 10.1. The Bertz CT molecular complexity index is 787. The van der Waals surface area contributed by atoms with E-state index in [9.17, 15) is 13.6 Å². The van der Waals surface area contributed by atoms with Crippen molar-refractivity contribution in [3.63, 3.8) is 0 Å². The SMILES string of the molecule is Cn1cc(N2CCC(Nc3c(F)cc(C#N)cc3F)C2=O)cn1. The zero-order valence-electron chi connectivity index (χ0n) is 12.3. The van der Waals surface area contributed by atoms with Crippen molar-refractivity contribution in [1.82, 2.24) is 9.78 Å². The molecule has 118 valence electrons. The summed E-state index contributed by atoms with van der Waals surface area (Å²) in [4.78, 5) is 13.9. The van der Waals surface area contributed by atoms with Gasteiger partial charge in [0.2, 0.25) is 5.91 Å². The highest BCUT2D eigenvalue weighted by Gasteiger charge is 2.34. The Morgan fingerprint density at radius 2 is 2.09 bits per heavy atom. The molecule has 2 heterocycles. The van der Waals surface area contributed by atoms with Crippen LogP contribution in [-0.4, -0.2) is 28.3 Å². The van der Waals surface area contributed by atoms with Crippen LogP contribution in [0, 0.1) is 23.0 Å². The third-order valence-corrected chi connectivity index (χ3v) is 3.70. The highest BCUT2D eigenvalue weighted by Crippen LogP contribution is 2.26. The van der Waals surface area contributed by atoms with E-state index in [1.54, 1.807) is 30.2 Å². The highest BCUT2D eigenvalue weighted by molar-refractivity contribution is 6.00. The topological polar surface area (TPSA) is 73.9 Å². The van der Waals surface area contributed by atoms with E-state index in [0.717, 1.165) is 12.1 Å². The lowest BCUT2D eigenvalue weighted by molar-refractivity contribution is -0.117. The number of amides is 1. The van der Waals surface area contributed by atoms with Crippen molar-refractivity contribution < 1.29 is 13.6 Å². The van der Waals surface area contributed by atoms with E-state index in [1.807, 2.05) is 0 Å². The molecule has 0 saturated carbocycles. The lowest BCUT2D eigenvalue weighted by Gasteiger charge is -2.16. The summed E-state index contributed by atoms with van der Waals surface area (Å²) in [6, 6.07) is 2.82. The van der Waals surface area contributed by atoms with Crippen molar-refractivity contribution in [3.05, 3.63) is 41.7 Å². The number of rotatable bonds is 3. The summed E-state index contributed by atoms with van der Waals surface area (Å²) >= 11 is 0. The molecule has 3 rings (SSSR count). The predicted octanol–water partition coefficient (Wildman–Crippen LogP) is 1.79. The molecule has 1 aliphatic heterocycles. The fraction of sp³-hybridized carbons (Fsp3) is 0.267. The van der Waals surface area contributed by atoms with E-state index in [-0.39, 0.29) is 11.5 Å². The van der Waals surface area contributed by atoms with Crippen molar-refractivity contribution in [3.8, 4) is 6.07 Å². The van der Waals surface area contributed by atoms with Crippen molar-refractivity contribution in [2.24, 2.45) is 7.05 Å². The first kappa shape index (κ1) is 15.0. The summed E-state index contributed by atoms with van der Waals surface area (Å²) in [6.45, 7) is 0.432. The second-order valence-corrected chi connectivity index (χ2v) is 5.27. The molecule has 1 aromatic carbocycles. The number of carbonyl (C=O) groups is 1. The number of hydrogen-bond acceptors (Lipinski definition) is 4. The summed E-state index contributed by atoms with van der Waals surface area (Å²) in [5.41, 5.74) is 0.137. The maximum absolute atomic E-state index is 13.9. The zero-order valence-corrected chi connectivity index (χ0v) is 12.3. The summed E-state index contributed by atoms with van der Waals surface area (Å²) in [6.07, 6.45) is 3.67. The monoisotopic (exact) mass is 317 g/mol. The molecule has 1 amide bonds. The van der Waals surface area contributed by atoms with Crippen LogP contribution in [0.2, 0.25) is 0 Å². The fourth-order valence-electron chi connectivity index (χ4n) is 2.57. The van der Waals surface area contributed by atoms with Gasteiger partial charge in [0.05, 0.1) is 23.5 Å². The molecule has 23 heavy (non-hydrogen) atoms. The number of nitrogens with one attached hydrogen (secondary N) is 1. The molecule has 2 aromatic rings. The molecule has 6 nitrogen and oxygen atoms in total. The Labute approximate surface area is 130 Å². The first-order valence-electron chi connectivity index (χ1n) is 6.95. The van der Waals surface area contributed by atoms with Crippen LogP contribution in [0.1, 0.15) is 12.0 Å². The van der Waals surface area contributed by atoms with E-state index >= 15 is 0 Å². The average Bonchev–Trinajstić information content (AvgIpc) is 3.09. The second-order valence-electron chi connectivity index (χ2n) is 5.27. The minimum Gasteiger partial charge on any atom is -0.369 e. The standard InChI is InChI=1S/C15H13F2N5O/c1-21-8-10(7-19-21)22-3-2-13(15(22)23)20-14-11(16)4-9(6-18)5-12(14)17/h4-5,7-8,13,20H,2-3H2,1H3. The van der Waals surface area contributed by atoms with Crippen molar-refractivity contribution in [2.45, 2.75) is 12.5 Å². The Kier molecular flexibility index (Phi) is 3.70. The number of carbonyl (C=O) groups excluding carboxylic acids is 1. The number of nitriles is 1. The number of aromatic nitrogens is 2. The average molecular weight is 317 g/mol. The van der Waals surface area contributed by atoms with Crippen LogP contribution >= 0.6 is 0 Å². The smallest absolute Gasteiger partial charge is 0.249 e. The van der Waals surface area contributed by atoms with Gasteiger partial charge in [0, 0.05) is 19.8 Å². The molecule has 0 spiro atoms. The van der Waals surface area contributed by atoms with Gasteiger partial charge in [-0.25, -0.2) is 8.78 Å². The normalized spacial score (nSPS) is 17.4. The Hall–Kier alpha value is -2.95. The Morgan fingerprint density at radius 1 is 1.39 bits per heavy atom. The molecule has 1 aromatic heterocycles. The Balaban J connectivity index is 1.80. The van der Waals surface area contributed by atoms with Crippen molar-refractivity contribution >= 4 is 17.3 Å². The third kappa shape index (κ3) is 2.73. The van der Waals surface area contributed by atoms with Crippen LogP contribution in [0.4, 0.5) is 20.2 Å². The molecule has 0 bridgehead atoms. The second kappa shape index (κ2) is 5.68. The van der Waals surface area contributed by atoms with Gasteiger partial charge < -0.3 is 10.2 Å². The molecule has 1 unspecified atom stereocenters. The molecular formula is C15H13F2N5O. The third-order valence-electron chi connectivity index (χ3n) is 3.70. The van der Waals surface area contributed by atoms with Gasteiger partial charge >= 0.3 is 0 Å². The van der Waals surface area contributed by atoms with E-state index in [4.69, 9.17) is 5.26 Å². The number of anilines is 2. The van der Waals surface area contributed by atoms with Gasteiger partial charge in [0.1, 0.15) is 11.7 Å². The number of hydrogen-bond donors (Lipinski definition) is 1. The van der Waals surface area contributed by atoms with Gasteiger partial charge in [-0.3, -0.25) is 9.48 Å². The largest absolute Gasteiger partial charge is 0.369 e. The summed E-state index contributed by atoms with van der Waals surface area (Å²) in [5, 5.41) is 15.3. The number of halogens is 2. The lowest BCUT2D eigenvalue weighted by Crippen LogP contribution is -2.33. The highest BCUT2D eigenvalue weighted by atomic mass is 19.1. The quantitative estimate of drug-likeness (QED) is 0.936. The molecular weight excluding hydrogens is 304 g/mol. The number of nitrogens with zero attached hydrogens (tertiary/aromatic N) is 4. The van der Waals surface area contributed by atoms with E-state index in [0.29, 0.717) is 18.7 Å². The van der Waals surface area contributed by atoms with Gasteiger partial charge in [-0.1, -0.05) is 0 Å². The molecule has 1 N–H and O–H groups in total. The molecule has 1 saturated heterocycles. The van der Waals surface area contributed by atoms with E-state index in [2.05, 4.69) is 10.4 Å². The van der Waals surface area contributed by atoms with Crippen LogP contribution < -0.4 is 10.2 Å². The van der Waals surface area contributed by atoms with Crippen LogP contribution in [0.25, 0.3) is 0 Å². The number of aryl methyl sites for hydroxylation is 1. The first-order chi connectivity index (χ1) is 11.0. The molecule has 1 aliphatic rings. The zero-order chi connectivity index (χ0) is 16.6. The molecule has 0 radical (unpaired) electrons. The number of benzene rings is 1. The minimum absolute atomic E-state index is 0.111. The minimum atomic E-state index is -0.894. The van der Waals surface area contributed by atoms with Gasteiger partial charge in [-0.15, -0.1) is 0 Å². The maximum atomic E-state index is 13.9. The summed E-state index contributed by atoms with van der Waals surface area (Å²) in [7, 11) is 1.74. The Morgan fingerprint density at radius 3 is 2.65 bits per heavy atom. The maximum Gasteiger partial charge on any atom is 0.249 e. The van der Waals surface area contributed by atoms with Gasteiger partial charge in [0.15, 0.2) is 11.6 Å².